The molecule has 0 saturated carbocycles. The Morgan fingerprint density at radius 2 is 2.08 bits per heavy atom. The molecule has 1 aliphatic rings. The number of hydrogen-bond acceptors (Lipinski definition) is 2. The molecule has 1 aromatic carbocycles. The van der Waals surface area contributed by atoms with Crippen LogP contribution >= 0.6 is 28.3 Å². The van der Waals surface area contributed by atoms with Crippen LogP contribution in [0, 0.1) is 13.8 Å². The molecule has 0 aliphatic carbocycles. The topological polar surface area (TPSA) is 46.1 Å². The van der Waals surface area contributed by atoms with E-state index in [1.54, 1.807) is 0 Å². The standard InChI is InChI=1S/C19H22BrN3O.ClH/c1-13-11-16(19(24)22-12-15-7-9-21-10-8-15)14(2)23(13)18-6-4-3-5-17(18)20;/h3-7,11,21H,8-10,12H2,1-2H3,(H,22,24);1H. The first-order valence-electron chi connectivity index (χ1n) is 8.18. The molecular formula is C19H23BrClN3O. The second-order valence-corrected chi connectivity index (χ2v) is 6.93. The molecule has 1 aromatic heterocycles. The second-order valence-electron chi connectivity index (χ2n) is 6.07. The number of nitrogens with zero attached hydrogens (tertiary/aromatic N) is 1. The number of hydrogen-bond donors (Lipinski definition) is 2. The lowest BCUT2D eigenvalue weighted by molar-refractivity contribution is 0.0956. The molecule has 3 rings (SSSR count). The Bertz CT molecular complexity index is 798. The van der Waals surface area contributed by atoms with E-state index < -0.39 is 0 Å². The van der Waals surface area contributed by atoms with Gasteiger partial charge in [0.25, 0.3) is 5.91 Å². The van der Waals surface area contributed by atoms with Crippen molar-refractivity contribution < 1.29 is 4.79 Å². The van der Waals surface area contributed by atoms with Gasteiger partial charge in [-0.05, 0) is 60.9 Å². The Balaban J connectivity index is 0.00000225. The van der Waals surface area contributed by atoms with Crippen molar-refractivity contribution in [2.24, 2.45) is 0 Å². The highest BCUT2D eigenvalue weighted by atomic mass is 79.9. The van der Waals surface area contributed by atoms with Gasteiger partial charge in [0.2, 0.25) is 0 Å². The molecule has 1 amide bonds. The van der Waals surface area contributed by atoms with Crippen molar-refractivity contribution in [3.8, 4) is 5.69 Å². The van der Waals surface area contributed by atoms with Crippen LogP contribution in [0.15, 0.2) is 46.5 Å². The summed E-state index contributed by atoms with van der Waals surface area (Å²) in [6, 6.07) is 10.0. The van der Waals surface area contributed by atoms with Crippen LogP contribution in [0.4, 0.5) is 0 Å². The minimum absolute atomic E-state index is 0. The van der Waals surface area contributed by atoms with Gasteiger partial charge in [0.1, 0.15) is 0 Å². The molecular weight excluding hydrogens is 402 g/mol. The number of halogens is 2. The number of benzene rings is 1. The predicted molar refractivity (Wildman–Crippen MR) is 108 cm³/mol. The van der Waals surface area contributed by atoms with Crippen molar-refractivity contribution in [1.82, 2.24) is 15.2 Å². The third-order valence-corrected chi connectivity index (χ3v) is 5.07. The van der Waals surface area contributed by atoms with Gasteiger partial charge in [-0.15, -0.1) is 12.4 Å². The fourth-order valence-electron chi connectivity index (χ4n) is 3.12. The number of aryl methyl sites for hydroxylation is 1. The normalized spacial score (nSPS) is 13.8. The van der Waals surface area contributed by atoms with Gasteiger partial charge in [-0.3, -0.25) is 4.79 Å². The molecule has 2 heterocycles. The third kappa shape index (κ3) is 4.35. The third-order valence-electron chi connectivity index (χ3n) is 4.40. The SMILES string of the molecule is Cc1cc(C(=O)NCC2=CCNCC2)c(C)n1-c1ccccc1Br.Cl. The molecule has 0 atom stereocenters. The van der Waals surface area contributed by atoms with E-state index in [4.69, 9.17) is 0 Å². The molecule has 0 saturated heterocycles. The first-order valence-corrected chi connectivity index (χ1v) is 8.98. The van der Waals surface area contributed by atoms with Gasteiger partial charge < -0.3 is 15.2 Å². The summed E-state index contributed by atoms with van der Waals surface area (Å²) < 4.78 is 3.13. The Hall–Kier alpha value is -1.56. The van der Waals surface area contributed by atoms with E-state index in [1.165, 1.54) is 5.57 Å². The van der Waals surface area contributed by atoms with Crippen LogP contribution in [0.5, 0.6) is 0 Å². The van der Waals surface area contributed by atoms with Crippen LogP contribution in [-0.4, -0.2) is 30.1 Å². The monoisotopic (exact) mass is 423 g/mol. The zero-order chi connectivity index (χ0) is 17.1. The van der Waals surface area contributed by atoms with E-state index in [0.29, 0.717) is 6.54 Å². The largest absolute Gasteiger partial charge is 0.348 e. The first-order chi connectivity index (χ1) is 11.6. The lowest BCUT2D eigenvalue weighted by Crippen LogP contribution is -2.29. The highest BCUT2D eigenvalue weighted by Crippen LogP contribution is 2.26. The predicted octanol–water partition coefficient (Wildman–Crippen LogP) is 3.93. The maximum atomic E-state index is 12.6. The van der Waals surface area contributed by atoms with Crippen LogP contribution in [0.25, 0.3) is 5.69 Å². The van der Waals surface area contributed by atoms with Crippen LogP contribution in [0.2, 0.25) is 0 Å². The Labute approximate surface area is 163 Å². The summed E-state index contributed by atoms with van der Waals surface area (Å²) >= 11 is 3.60. The second kappa shape index (κ2) is 8.70. The minimum Gasteiger partial charge on any atom is -0.348 e. The van der Waals surface area contributed by atoms with E-state index in [2.05, 4.69) is 37.2 Å². The van der Waals surface area contributed by atoms with Crippen molar-refractivity contribution in [1.29, 1.82) is 0 Å². The Morgan fingerprint density at radius 3 is 2.76 bits per heavy atom. The number of nitrogens with one attached hydrogen (secondary N) is 2. The zero-order valence-corrected chi connectivity index (χ0v) is 16.8. The van der Waals surface area contributed by atoms with Crippen molar-refractivity contribution in [2.45, 2.75) is 20.3 Å². The average Bonchev–Trinajstić information content (AvgIpc) is 2.89. The summed E-state index contributed by atoms with van der Waals surface area (Å²) in [7, 11) is 0. The van der Waals surface area contributed by atoms with Crippen LogP contribution < -0.4 is 10.6 Å². The van der Waals surface area contributed by atoms with Gasteiger partial charge in [-0.2, -0.15) is 0 Å². The summed E-state index contributed by atoms with van der Waals surface area (Å²) in [6.45, 7) is 6.52. The van der Waals surface area contributed by atoms with Crippen LogP contribution in [-0.2, 0) is 0 Å². The molecule has 2 aromatic rings. The van der Waals surface area contributed by atoms with Gasteiger partial charge in [-0.25, -0.2) is 0 Å². The molecule has 25 heavy (non-hydrogen) atoms. The molecule has 0 radical (unpaired) electrons. The van der Waals surface area contributed by atoms with Crippen LogP contribution in [0.3, 0.4) is 0 Å². The summed E-state index contributed by atoms with van der Waals surface area (Å²) in [4.78, 5) is 12.6. The average molecular weight is 425 g/mol. The first kappa shape index (κ1) is 19.8. The van der Waals surface area contributed by atoms with E-state index >= 15 is 0 Å². The van der Waals surface area contributed by atoms with Crippen LogP contribution in [0.1, 0.15) is 28.2 Å². The number of amides is 1. The van der Waals surface area contributed by atoms with Gasteiger partial charge in [0.05, 0.1) is 11.3 Å². The number of carbonyl (C=O) groups is 1. The van der Waals surface area contributed by atoms with Gasteiger partial charge >= 0.3 is 0 Å². The summed E-state index contributed by atoms with van der Waals surface area (Å²) in [6.07, 6.45) is 3.16. The van der Waals surface area contributed by atoms with E-state index in [9.17, 15) is 4.79 Å². The molecule has 1 aliphatic heterocycles. The molecule has 6 heteroatoms. The summed E-state index contributed by atoms with van der Waals surface area (Å²) in [5.74, 6) is -0.0131. The van der Waals surface area contributed by atoms with E-state index in [-0.39, 0.29) is 18.3 Å². The molecule has 0 spiro atoms. The van der Waals surface area contributed by atoms with Crippen molar-refractivity contribution in [2.75, 3.05) is 19.6 Å². The zero-order valence-electron chi connectivity index (χ0n) is 14.4. The van der Waals surface area contributed by atoms with Crippen molar-refractivity contribution >= 4 is 34.2 Å². The smallest absolute Gasteiger partial charge is 0.253 e. The maximum Gasteiger partial charge on any atom is 0.253 e. The minimum atomic E-state index is -0.0131. The fourth-order valence-corrected chi connectivity index (χ4v) is 3.58. The molecule has 0 unspecified atom stereocenters. The van der Waals surface area contributed by atoms with E-state index in [1.807, 2.05) is 44.2 Å². The number of rotatable bonds is 4. The van der Waals surface area contributed by atoms with Gasteiger partial charge in [0, 0.05) is 29.0 Å². The van der Waals surface area contributed by atoms with Gasteiger partial charge in [0.15, 0.2) is 0 Å². The maximum absolute atomic E-state index is 12.6. The lowest BCUT2D eigenvalue weighted by Gasteiger charge is -2.15. The number of para-hydroxylation sites is 1. The Morgan fingerprint density at radius 1 is 1.32 bits per heavy atom. The highest BCUT2D eigenvalue weighted by Gasteiger charge is 2.18. The Kier molecular flexibility index (Phi) is 6.87. The molecule has 4 nitrogen and oxygen atoms in total. The quantitative estimate of drug-likeness (QED) is 0.731. The number of aromatic nitrogens is 1. The fraction of sp³-hybridized carbons (Fsp3) is 0.316. The van der Waals surface area contributed by atoms with Crippen molar-refractivity contribution in [3.63, 3.8) is 0 Å². The summed E-state index contributed by atoms with van der Waals surface area (Å²) in [5, 5.41) is 6.34. The van der Waals surface area contributed by atoms with Gasteiger partial charge in [-0.1, -0.05) is 23.8 Å². The molecule has 134 valence electrons. The molecule has 0 bridgehead atoms. The lowest BCUT2D eigenvalue weighted by atomic mass is 10.1. The molecule has 0 fully saturated rings. The van der Waals surface area contributed by atoms with E-state index in [0.717, 1.165) is 46.6 Å². The number of carbonyl (C=O) groups excluding carboxylic acids is 1. The summed E-state index contributed by atoms with van der Waals surface area (Å²) in [5.41, 5.74) is 5.08. The highest BCUT2D eigenvalue weighted by molar-refractivity contribution is 9.10. The van der Waals surface area contributed by atoms with Crippen molar-refractivity contribution in [3.05, 3.63) is 63.4 Å². The molecule has 2 N–H and O–H groups in total.